The van der Waals surface area contributed by atoms with E-state index in [4.69, 9.17) is 21.1 Å². The Labute approximate surface area is 243 Å². The monoisotopic (exact) mass is 598 g/mol. The number of sulfonamides is 1. The predicted molar refractivity (Wildman–Crippen MR) is 158 cm³/mol. The average molecular weight is 599 g/mol. The molecule has 0 aliphatic rings. The summed E-state index contributed by atoms with van der Waals surface area (Å²) in [7, 11) is -0.979. The molecule has 11 nitrogen and oxygen atoms in total. The lowest BCUT2D eigenvalue weighted by Gasteiger charge is -2.23. The Bertz CT molecular complexity index is 1650. The van der Waals surface area contributed by atoms with E-state index in [0.29, 0.717) is 22.3 Å². The number of fused-ring (bicyclic) bond motifs is 1. The maximum atomic E-state index is 13.6. The number of hydrogen-bond donors (Lipinski definition) is 2. The number of hydrogen-bond acceptors (Lipinski definition) is 9. The summed E-state index contributed by atoms with van der Waals surface area (Å²) >= 11 is 6.21. The Morgan fingerprint density at radius 3 is 2.37 bits per heavy atom. The van der Waals surface area contributed by atoms with Gasteiger partial charge in [0.25, 0.3) is 0 Å². The molecule has 4 aromatic rings. The summed E-state index contributed by atoms with van der Waals surface area (Å²) in [6.07, 6.45) is -0.123. The number of aryl methyl sites for hydroxylation is 2. The smallest absolute Gasteiger partial charge is 0.243 e. The average Bonchev–Trinajstić information content (AvgIpc) is 2.94. The van der Waals surface area contributed by atoms with Crippen molar-refractivity contribution in [3.63, 3.8) is 0 Å². The molecule has 0 saturated carbocycles. The van der Waals surface area contributed by atoms with Crippen LogP contribution in [0, 0.1) is 13.8 Å². The molecular formula is C28H31ClN6O5S. The molecule has 2 heterocycles. The quantitative estimate of drug-likeness (QED) is 0.242. The van der Waals surface area contributed by atoms with Gasteiger partial charge in [-0.3, -0.25) is 15.1 Å². The van der Waals surface area contributed by atoms with E-state index in [2.05, 4.69) is 25.6 Å². The van der Waals surface area contributed by atoms with E-state index < -0.39 is 15.9 Å². The minimum atomic E-state index is -3.95. The first-order valence-corrected chi connectivity index (χ1v) is 14.6. The highest BCUT2D eigenvalue weighted by atomic mass is 35.5. The van der Waals surface area contributed by atoms with E-state index in [1.165, 1.54) is 30.7 Å². The fraction of sp³-hybridized carbons (Fsp3) is 0.286. The van der Waals surface area contributed by atoms with Crippen LogP contribution in [-0.4, -0.2) is 67.4 Å². The summed E-state index contributed by atoms with van der Waals surface area (Å²) in [6.45, 7) is 3.90. The Balaban J connectivity index is 1.52. The van der Waals surface area contributed by atoms with Crippen molar-refractivity contribution in [1.29, 1.82) is 0 Å². The third-order valence-corrected chi connectivity index (χ3v) is 8.30. The first kappa shape index (κ1) is 30.0. The number of nitrogens with one attached hydrogen (secondary N) is 2. The van der Waals surface area contributed by atoms with Gasteiger partial charge in [-0.15, -0.1) is 0 Å². The first-order chi connectivity index (χ1) is 19.6. The van der Waals surface area contributed by atoms with Crippen molar-refractivity contribution in [3.05, 3.63) is 71.0 Å². The van der Waals surface area contributed by atoms with Gasteiger partial charge in [-0.1, -0.05) is 11.6 Å². The lowest BCUT2D eigenvalue weighted by molar-refractivity contribution is -0.116. The van der Waals surface area contributed by atoms with Gasteiger partial charge in [-0.05, 0) is 62.4 Å². The predicted octanol–water partition coefficient (Wildman–Crippen LogP) is 4.44. The second kappa shape index (κ2) is 13.1. The lowest BCUT2D eigenvalue weighted by atomic mass is 10.1. The molecule has 0 aliphatic carbocycles. The number of aromatic nitrogens is 3. The molecule has 2 aromatic heterocycles. The number of anilines is 2. The number of rotatable bonds is 12. The van der Waals surface area contributed by atoms with E-state index in [-0.39, 0.29) is 36.9 Å². The van der Waals surface area contributed by atoms with Crippen LogP contribution in [0.3, 0.4) is 0 Å². The van der Waals surface area contributed by atoms with Crippen LogP contribution in [0.2, 0.25) is 5.02 Å². The maximum Gasteiger partial charge on any atom is 0.243 e. The van der Waals surface area contributed by atoms with Crippen LogP contribution in [0.5, 0.6) is 11.6 Å². The molecule has 0 unspecified atom stereocenters. The van der Waals surface area contributed by atoms with Crippen molar-refractivity contribution in [2.75, 3.05) is 44.5 Å². The molecular weight excluding hydrogens is 568 g/mol. The Morgan fingerprint density at radius 1 is 0.927 bits per heavy atom. The van der Waals surface area contributed by atoms with Crippen LogP contribution in [0.25, 0.3) is 10.9 Å². The van der Waals surface area contributed by atoms with Gasteiger partial charge in [0.2, 0.25) is 27.8 Å². The van der Waals surface area contributed by atoms with Crippen molar-refractivity contribution in [2.45, 2.75) is 25.2 Å². The van der Waals surface area contributed by atoms with Gasteiger partial charge in [-0.2, -0.15) is 9.29 Å². The van der Waals surface area contributed by atoms with E-state index in [1.54, 1.807) is 31.2 Å². The van der Waals surface area contributed by atoms with Crippen LogP contribution >= 0.6 is 11.6 Å². The molecule has 4 rings (SSSR count). The topological polar surface area (TPSA) is 136 Å². The summed E-state index contributed by atoms with van der Waals surface area (Å²) in [4.78, 5) is 25.7. The Morgan fingerprint density at radius 2 is 1.66 bits per heavy atom. The molecule has 0 fully saturated rings. The third kappa shape index (κ3) is 7.60. The molecule has 0 atom stereocenters. The van der Waals surface area contributed by atoms with Crippen LogP contribution < -0.4 is 20.1 Å². The fourth-order valence-corrected chi connectivity index (χ4v) is 5.77. The zero-order chi connectivity index (χ0) is 29.6. The minimum Gasteiger partial charge on any atom is -0.497 e. The minimum absolute atomic E-state index is 0.0766. The van der Waals surface area contributed by atoms with Gasteiger partial charge in [0.05, 0.1) is 24.6 Å². The standard InChI is InChI=1S/C28H31ClN6O5S/c1-18-15-25(23-17-20(29)5-10-24(23)31-18)30-12-14-35(41(37,38)22-8-6-21(39-3)7-9-22)13-11-26(36)33-28-32-19(2)16-27(34-28)40-4/h5-10,15-17H,11-14H2,1-4H3,(H,30,31)(H,32,33,34,36). The molecule has 216 valence electrons. The van der Waals surface area contributed by atoms with E-state index in [0.717, 1.165) is 22.3 Å². The number of nitrogens with zero attached hydrogens (tertiary/aromatic N) is 4. The van der Waals surface area contributed by atoms with E-state index >= 15 is 0 Å². The maximum absolute atomic E-state index is 13.6. The molecule has 41 heavy (non-hydrogen) atoms. The molecule has 0 saturated heterocycles. The number of ether oxygens (including phenoxy) is 2. The number of pyridine rings is 1. The van der Waals surface area contributed by atoms with Gasteiger partial charge in [0.15, 0.2) is 0 Å². The van der Waals surface area contributed by atoms with Gasteiger partial charge < -0.3 is 14.8 Å². The van der Waals surface area contributed by atoms with Crippen LogP contribution in [0.4, 0.5) is 11.6 Å². The SMILES string of the molecule is COc1ccc(S(=O)(=O)N(CCNc2cc(C)nc3ccc(Cl)cc23)CCC(=O)Nc2nc(C)cc(OC)n2)cc1. The zero-order valence-corrected chi connectivity index (χ0v) is 24.7. The summed E-state index contributed by atoms with van der Waals surface area (Å²) in [6, 6.07) is 15.0. The number of halogens is 1. The van der Waals surface area contributed by atoms with Crippen LogP contribution in [-0.2, 0) is 14.8 Å². The van der Waals surface area contributed by atoms with Crippen molar-refractivity contribution >= 4 is 50.1 Å². The highest BCUT2D eigenvalue weighted by Crippen LogP contribution is 2.26. The lowest BCUT2D eigenvalue weighted by Crippen LogP contribution is -2.37. The number of carbonyl (C=O) groups excluding carboxylic acids is 1. The number of methoxy groups -OCH3 is 2. The van der Waals surface area contributed by atoms with Gasteiger partial charge in [0, 0.05) is 59.6 Å². The Kier molecular flexibility index (Phi) is 9.58. The molecule has 0 spiro atoms. The van der Waals surface area contributed by atoms with E-state index in [9.17, 15) is 13.2 Å². The van der Waals surface area contributed by atoms with Gasteiger partial charge >= 0.3 is 0 Å². The highest BCUT2D eigenvalue weighted by molar-refractivity contribution is 7.89. The summed E-state index contributed by atoms with van der Waals surface area (Å²) in [5.41, 5.74) is 2.96. The van der Waals surface area contributed by atoms with E-state index in [1.807, 2.05) is 25.1 Å². The largest absolute Gasteiger partial charge is 0.497 e. The summed E-state index contributed by atoms with van der Waals surface area (Å²) in [5, 5.41) is 7.32. The molecule has 13 heteroatoms. The normalized spacial score (nSPS) is 11.5. The number of benzene rings is 2. The molecule has 2 N–H and O–H groups in total. The zero-order valence-electron chi connectivity index (χ0n) is 23.1. The molecule has 0 bridgehead atoms. The Hall–Kier alpha value is -4.00. The molecule has 2 aromatic carbocycles. The second-order valence-electron chi connectivity index (χ2n) is 9.15. The van der Waals surface area contributed by atoms with Crippen molar-refractivity contribution < 1.29 is 22.7 Å². The summed E-state index contributed by atoms with van der Waals surface area (Å²) < 4.78 is 38.8. The number of amides is 1. The second-order valence-corrected chi connectivity index (χ2v) is 11.5. The summed E-state index contributed by atoms with van der Waals surface area (Å²) in [5.74, 6) is 0.481. The van der Waals surface area contributed by atoms with Crippen LogP contribution in [0.1, 0.15) is 17.8 Å². The fourth-order valence-electron chi connectivity index (χ4n) is 4.15. The van der Waals surface area contributed by atoms with Gasteiger partial charge in [0.1, 0.15) is 5.75 Å². The van der Waals surface area contributed by atoms with Crippen molar-refractivity contribution in [2.24, 2.45) is 0 Å². The first-order valence-electron chi connectivity index (χ1n) is 12.7. The van der Waals surface area contributed by atoms with Crippen molar-refractivity contribution in [1.82, 2.24) is 19.3 Å². The molecule has 1 amide bonds. The molecule has 0 aliphatic heterocycles. The number of carbonyl (C=O) groups is 1. The van der Waals surface area contributed by atoms with Crippen LogP contribution in [0.15, 0.2) is 59.5 Å². The van der Waals surface area contributed by atoms with Crippen molar-refractivity contribution in [3.8, 4) is 11.6 Å². The van der Waals surface area contributed by atoms with Gasteiger partial charge in [-0.25, -0.2) is 13.4 Å². The molecule has 0 radical (unpaired) electrons. The highest BCUT2D eigenvalue weighted by Gasteiger charge is 2.25. The third-order valence-electron chi connectivity index (χ3n) is 6.15.